The zero-order valence-corrected chi connectivity index (χ0v) is 17.4. The fourth-order valence-electron chi connectivity index (χ4n) is 5.90. The van der Waals surface area contributed by atoms with Crippen molar-refractivity contribution >= 4 is 17.8 Å². The van der Waals surface area contributed by atoms with Crippen molar-refractivity contribution in [1.82, 2.24) is 4.90 Å². The van der Waals surface area contributed by atoms with Gasteiger partial charge in [0.2, 0.25) is 11.8 Å². The summed E-state index contributed by atoms with van der Waals surface area (Å²) in [5.74, 6) is -2.11. The monoisotopic (exact) mass is 403 g/mol. The van der Waals surface area contributed by atoms with Crippen LogP contribution in [0.15, 0.2) is 48.5 Å². The molecule has 2 amide bonds. The van der Waals surface area contributed by atoms with Crippen molar-refractivity contribution in [1.29, 1.82) is 0 Å². The smallest absolute Gasteiger partial charge is 0.329 e. The molecule has 6 rings (SSSR count). The topological polar surface area (TPSA) is 63.7 Å². The molecule has 4 aliphatic rings. The third-order valence-electron chi connectivity index (χ3n) is 6.96. The number of benzene rings is 2. The molecule has 1 saturated heterocycles. The Morgan fingerprint density at radius 2 is 1.27 bits per heavy atom. The molecule has 2 aromatic carbocycles. The van der Waals surface area contributed by atoms with Gasteiger partial charge in [0.05, 0.1) is 18.9 Å². The summed E-state index contributed by atoms with van der Waals surface area (Å²) in [6.45, 7) is 3.95. The van der Waals surface area contributed by atoms with Crippen LogP contribution in [0.3, 0.4) is 0 Å². The summed E-state index contributed by atoms with van der Waals surface area (Å²) < 4.78 is 4.98. The summed E-state index contributed by atoms with van der Waals surface area (Å²) in [4.78, 5) is 41.2. The number of carbonyl (C=O) groups is 3. The van der Waals surface area contributed by atoms with E-state index in [-0.39, 0.29) is 29.6 Å². The zero-order valence-electron chi connectivity index (χ0n) is 17.4. The van der Waals surface area contributed by atoms with Gasteiger partial charge in [0.1, 0.15) is 6.04 Å². The maximum Gasteiger partial charge on any atom is 0.329 e. The second-order valence-corrected chi connectivity index (χ2v) is 8.98. The SMILES string of the molecule is COC(=O)[C@H](CC(C)C)N1C(=O)[C@@H]2C3c4ccccc4C(c4ccccc43)[C@@H]2C1=O. The molecule has 2 bridgehead atoms. The van der Waals surface area contributed by atoms with Gasteiger partial charge in [-0.2, -0.15) is 0 Å². The Labute approximate surface area is 176 Å². The third kappa shape index (κ3) is 2.44. The number of carbonyl (C=O) groups excluding carboxylic acids is 3. The number of hydrogen-bond acceptors (Lipinski definition) is 4. The lowest BCUT2D eigenvalue weighted by molar-refractivity contribution is -0.157. The minimum absolute atomic E-state index is 0.142. The van der Waals surface area contributed by atoms with E-state index < -0.39 is 23.8 Å². The molecule has 0 aromatic heterocycles. The highest BCUT2D eigenvalue weighted by Crippen LogP contribution is 2.61. The van der Waals surface area contributed by atoms with E-state index in [2.05, 4.69) is 24.3 Å². The van der Waals surface area contributed by atoms with E-state index >= 15 is 0 Å². The Hall–Kier alpha value is -2.95. The summed E-state index contributed by atoms with van der Waals surface area (Å²) in [7, 11) is 1.31. The van der Waals surface area contributed by atoms with Crippen molar-refractivity contribution in [3.05, 3.63) is 70.8 Å². The second kappa shape index (κ2) is 6.79. The summed E-state index contributed by atoms with van der Waals surface area (Å²) in [5.41, 5.74) is 4.51. The maximum absolute atomic E-state index is 13.7. The molecule has 5 heteroatoms. The summed E-state index contributed by atoms with van der Waals surface area (Å²) in [6.07, 6.45) is 0.402. The largest absolute Gasteiger partial charge is 0.467 e. The number of esters is 1. The van der Waals surface area contributed by atoms with E-state index in [1.807, 2.05) is 38.1 Å². The van der Waals surface area contributed by atoms with Crippen molar-refractivity contribution in [2.24, 2.45) is 17.8 Å². The lowest BCUT2D eigenvalue weighted by atomic mass is 9.55. The summed E-state index contributed by atoms with van der Waals surface area (Å²) in [5, 5.41) is 0. The lowest BCUT2D eigenvalue weighted by Crippen LogP contribution is -2.47. The first-order chi connectivity index (χ1) is 14.5. The van der Waals surface area contributed by atoms with Gasteiger partial charge < -0.3 is 4.74 Å². The van der Waals surface area contributed by atoms with Crippen molar-refractivity contribution in [3.8, 4) is 0 Å². The highest BCUT2D eigenvalue weighted by atomic mass is 16.5. The van der Waals surface area contributed by atoms with Crippen LogP contribution in [0.4, 0.5) is 0 Å². The van der Waals surface area contributed by atoms with Crippen LogP contribution in [0, 0.1) is 17.8 Å². The molecule has 0 spiro atoms. The van der Waals surface area contributed by atoms with Crippen LogP contribution in [0.5, 0.6) is 0 Å². The van der Waals surface area contributed by atoms with Crippen LogP contribution in [0.2, 0.25) is 0 Å². The van der Waals surface area contributed by atoms with Crippen molar-refractivity contribution in [2.45, 2.75) is 38.1 Å². The Morgan fingerprint density at radius 3 is 1.60 bits per heavy atom. The minimum Gasteiger partial charge on any atom is -0.467 e. The van der Waals surface area contributed by atoms with Gasteiger partial charge >= 0.3 is 5.97 Å². The molecule has 0 unspecified atom stereocenters. The minimum atomic E-state index is -0.869. The number of hydrogen-bond donors (Lipinski definition) is 0. The molecule has 5 nitrogen and oxygen atoms in total. The second-order valence-electron chi connectivity index (χ2n) is 8.98. The van der Waals surface area contributed by atoms with Crippen LogP contribution in [-0.2, 0) is 19.1 Å². The molecular formula is C25H25NO4. The van der Waals surface area contributed by atoms with Crippen LogP contribution in [0.25, 0.3) is 0 Å². The number of likely N-dealkylation sites (tertiary alicyclic amines) is 1. The summed E-state index contributed by atoms with van der Waals surface area (Å²) >= 11 is 0. The van der Waals surface area contributed by atoms with Crippen molar-refractivity contribution in [3.63, 3.8) is 0 Å². The normalized spacial score (nSPS) is 27.0. The quantitative estimate of drug-likeness (QED) is 0.579. The van der Waals surface area contributed by atoms with Gasteiger partial charge in [-0.3, -0.25) is 14.5 Å². The van der Waals surface area contributed by atoms with Crippen LogP contribution in [-0.4, -0.2) is 35.8 Å². The molecule has 1 fully saturated rings. The number of nitrogens with zero attached hydrogens (tertiary/aromatic N) is 1. The molecule has 3 atom stereocenters. The first-order valence-corrected chi connectivity index (χ1v) is 10.6. The van der Waals surface area contributed by atoms with Gasteiger partial charge in [0.15, 0.2) is 0 Å². The average molecular weight is 403 g/mol. The molecule has 1 aliphatic heterocycles. The number of imide groups is 1. The Morgan fingerprint density at radius 1 is 0.867 bits per heavy atom. The molecule has 2 aromatic rings. The highest BCUT2D eigenvalue weighted by Gasteiger charge is 2.63. The van der Waals surface area contributed by atoms with Gasteiger partial charge in [-0.25, -0.2) is 4.79 Å². The number of amides is 2. The fourth-order valence-corrected chi connectivity index (χ4v) is 5.90. The van der Waals surface area contributed by atoms with E-state index in [0.29, 0.717) is 6.42 Å². The molecule has 0 saturated carbocycles. The standard InChI is InChI=1S/C25H25NO4/c1-13(2)12-18(25(29)30-3)26-23(27)21-19-14-8-4-5-9-15(14)20(22(21)24(26)28)17-11-7-6-10-16(17)19/h4-11,13,18-22H,12H2,1-3H3/t18-,19?,20?,21-,22+/m0/s1. The number of ether oxygens (including phenoxy) is 1. The molecule has 0 N–H and O–H groups in total. The van der Waals surface area contributed by atoms with Gasteiger partial charge in [-0.15, -0.1) is 0 Å². The number of rotatable bonds is 4. The molecule has 1 heterocycles. The van der Waals surface area contributed by atoms with E-state index in [1.165, 1.54) is 12.0 Å². The van der Waals surface area contributed by atoms with Gasteiger partial charge in [0.25, 0.3) is 0 Å². The fraction of sp³-hybridized carbons (Fsp3) is 0.400. The summed E-state index contributed by atoms with van der Waals surface area (Å²) in [6, 6.07) is 15.4. The van der Waals surface area contributed by atoms with Gasteiger partial charge in [-0.1, -0.05) is 62.4 Å². The molecular weight excluding hydrogens is 378 g/mol. The molecule has 154 valence electrons. The first-order valence-electron chi connectivity index (χ1n) is 10.6. The molecule has 3 aliphatic carbocycles. The van der Waals surface area contributed by atoms with E-state index in [0.717, 1.165) is 22.3 Å². The third-order valence-corrected chi connectivity index (χ3v) is 6.96. The predicted molar refractivity (Wildman–Crippen MR) is 111 cm³/mol. The molecule has 0 radical (unpaired) electrons. The Kier molecular flexibility index (Phi) is 4.31. The van der Waals surface area contributed by atoms with Crippen molar-refractivity contribution in [2.75, 3.05) is 7.11 Å². The van der Waals surface area contributed by atoms with E-state index in [4.69, 9.17) is 4.74 Å². The predicted octanol–water partition coefficient (Wildman–Crippen LogP) is 3.47. The van der Waals surface area contributed by atoms with E-state index in [1.54, 1.807) is 0 Å². The van der Waals surface area contributed by atoms with Crippen LogP contribution in [0.1, 0.15) is 54.4 Å². The Balaban J connectivity index is 1.66. The van der Waals surface area contributed by atoms with Gasteiger partial charge in [-0.05, 0) is 34.6 Å². The first kappa shape index (κ1) is 19.0. The zero-order chi connectivity index (χ0) is 21.2. The maximum atomic E-state index is 13.7. The molecule has 30 heavy (non-hydrogen) atoms. The highest BCUT2D eigenvalue weighted by molar-refractivity contribution is 6.10. The Bertz CT molecular complexity index is 943. The lowest BCUT2D eigenvalue weighted by Gasteiger charge is -2.45. The van der Waals surface area contributed by atoms with E-state index in [9.17, 15) is 14.4 Å². The van der Waals surface area contributed by atoms with Gasteiger partial charge in [0, 0.05) is 11.8 Å². The average Bonchev–Trinajstić information content (AvgIpc) is 3.02. The van der Waals surface area contributed by atoms with Crippen LogP contribution >= 0.6 is 0 Å². The van der Waals surface area contributed by atoms with Crippen molar-refractivity contribution < 1.29 is 19.1 Å². The van der Waals surface area contributed by atoms with Crippen LogP contribution < -0.4 is 0 Å². The number of methoxy groups -OCH3 is 1.